The van der Waals surface area contributed by atoms with Gasteiger partial charge in [0.15, 0.2) is 0 Å². The van der Waals surface area contributed by atoms with E-state index in [1.807, 2.05) is 13.0 Å². The lowest BCUT2D eigenvalue weighted by Crippen LogP contribution is -2.53. The average Bonchev–Trinajstić information content (AvgIpc) is 2.30. The van der Waals surface area contributed by atoms with Crippen molar-refractivity contribution < 1.29 is 4.79 Å². The van der Waals surface area contributed by atoms with Crippen molar-refractivity contribution in [2.45, 2.75) is 19.5 Å². The Morgan fingerprint density at radius 2 is 2.35 bits per heavy atom. The number of amides is 1. The Kier molecular flexibility index (Phi) is 3.54. The van der Waals surface area contributed by atoms with Crippen molar-refractivity contribution in [3.05, 3.63) is 28.8 Å². The molecule has 1 aromatic carbocycles. The van der Waals surface area contributed by atoms with Crippen molar-refractivity contribution in [3.63, 3.8) is 0 Å². The lowest BCUT2D eigenvalue weighted by atomic mass is 10.1. The Hall–Kier alpha value is -1.26. The largest absolute Gasteiger partial charge is 0.399 e. The SMILES string of the molecule is CC1C(=O)NCCN1Cc1cc(N)ccc1Cl. The fraction of sp³-hybridized carbons (Fsp3) is 0.417. The van der Waals surface area contributed by atoms with E-state index >= 15 is 0 Å². The van der Waals surface area contributed by atoms with Crippen molar-refractivity contribution in [1.82, 2.24) is 10.2 Å². The fourth-order valence-electron chi connectivity index (χ4n) is 1.98. The summed E-state index contributed by atoms with van der Waals surface area (Å²) >= 11 is 6.12. The standard InChI is InChI=1S/C12H16ClN3O/c1-8-12(17)15-4-5-16(8)7-9-6-10(14)2-3-11(9)13/h2-3,6,8H,4-5,7,14H2,1H3,(H,15,17). The van der Waals surface area contributed by atoms with Gasteiger partial charge in [-0.25, -0.2) is 0 Å². The molecule has 3 N–H and O–H groups in total. The Bertz CT molecular complexity index is 436. The van der Waals surface area contributed by atoms with E-state index in [1.54, 1.807) is 12.1 Å². The maximum Gasteiger partial charge on any atom is 0.237 e. The molecule has 0 aromatic heterocycles. The van der Waals surface area contributed by atoms with Crippen LogP contribution in [0.25, 0.3) is 0 Å². The molecule has 1 saturated heterocycles. The van der Waals surface area contributed by atoms with Gasteiger partial charge in [-0.1, -0.05) is 11.6 Å². The minimum atomic E-state index is -0.124. The van der Waals surface area contributed by atoms with Crippen LogP contribution in [0.15, 0.2) is 18.2 Å². The van der Waals surface area contributed by atoms with Crippen LogP contribution in [0.3, 0.4) is 0 Å². The molecule has 1 aromatic rings. The molecule has 1 fully saturated rings. The monoisotopic (exact) mass is 253 g/mol. The molecule has 1 atom stereocenters. The Balaban J connectivity index is 2.14. The van der Waals surface area contributed by atoms with Gasteiger partial charge in [-0.05, 0) is 30.7 Å². The van der Waals surface area contributed by atoms with Gasteiger partial charge in [0.25, 0.3) is 0 Å². The second-order valence-corrected chi connectivity index (χ2v) is 4.70. The second kappa shape index (κ2) is 4.94. The lowest BCUT2D eigenvalue weighted by molar-refractivity contribution is -0.128. The quantitative estimate of drug-likeness (QED) is 0.780. The molecule has 4 nitrogen and oxygen atoms in total. The summed E-state index contributed by atoms with van der Waals surface area (Å²) in [6, 6.07) is 5.31. The molecule has 92 valence electrons. The van der Waals surface area contributed by atoms with Gasteiger partial charge < -0.3 is 11.1 Å². The maximum atomic E-state index is 11.5. The smallest absolute Gasteiger partial charge is 0.237 e. The highest BCUT2D eigenvalue weighted by molar-refractivity contribution is 6.31. The molecule has 0 spiro atoms. The second-order valence-electron chi connectivity index (χ2n) is 4.29. The number of anilines is 1. The summed E-state index contributed by atoms with van der Waals surface area (Å²) in [7, 11) is 0. The number of rotatable bonds is 2. The number of carbonyl (C=O) groups is 1. The molecule has 17 heavy (non-hydrogen) atoms. The number of benzene rings is 1. The van der Waals surface area contributed by atoms with Crippen LogP contribution in [-0.2, 0) is 11.3 Å². The molecule has 1 heterocycles. The van der Waals surface area contributed by atoms with Crippen LogP contribution in [0.1, 0.15) is 12.5 Å². The van der Waals surface area contributed by atoms with Crippen LogP contribution in [0.5, 0.6) is 0 Å². The van der Waals surface area contributed by atoms with Crippen LogP contribution in [0.2, 0.25) is 5.02 Å². The molecule has 0 saturated carbocycles. The zero-order valence-electron chi connectivity index (χ0n) is 9.74. The summed E-state index contributed by atoms with van der Waals surface area (Å²) in [4.78, 5) is 13.6. The van der Waals surface area contributed by atoms with Gasteiger partial charge in [0.05, 0.1) is 6.04 Å². The number of nitrogen functional groups attached to an aromatic ring is 1. The summed E-state index contributed by atoms with van der Waals surface area (Å²) < 4.78 is 0. The third-order valence-electron chi connectivity index (χ3n) is 3.07. The number of hydrogen-bond donors (Lipinski definition) is 2. The van der Waals surface area contributed by atoms with E-state index in [4.69, 9.17) is 17.3 Å². The minimum absolute atomic E-state index is 0.0660. The summed E-state index contributed by atoms with van der Waals surface area (Å²) in [5.74, 6) is 0.0660. The number of nitrogens with zero attached hydrogens (tertiary/aromatic N) is 1. The zero-order chi connectivity index (χ0) is 12.4. The Labute approximate surface area is 106 Å². The molecule has 1 amide bonds. The van der Waals surface area contributed by atoms with Crippen molar-refractivity contribution in [2.24, 2.45) is 0 Å². The molecule has 5 heteroatoms. The fourth-order valence-corrected chi connectivity index (χ4v) is 2.16. The summed E-state index contributed by atoms with van der Waals surface area (Å²) in [6.45, 7) is 4.06. The molecule has 0 bridgehead atoms. The van der Waals surface area contributed by atoms with E-state index in [9.17, 15) is 4.79 Å². The number of nitrogens with two attached hydrogens (primary N) is 1. The molecule has 1 unspecified atom stereocenters. The van der Waals surface area contributed by atoms with E-state index in [0.717, 1.165) is 12.1 Å². The first-order chi connectivity index (χ1) is 8.08. The summed E-state index contributed by atoms with van der Waals surface area (Å²) in [5, 5.41) is 3.53. The van der Waals surface area contributed by atoms with Crippen LogP contribution in [0.4, 0.5) is 5.69 Å². The van der Waals surface area contributed by atoms with Gasteiger partial charge in [0.1, 0.15) is 0 Å². The van der Waals surface area contributed by atoms with Gasteiger partial charge >= 0.3 is 0 Å². The molecule has 1 aliphatic rings. The predicted octanol–water partition coefficient (Wildman–Crippen LogP) is 1.24. The highest BCUT2D eigenvalue weighted by Crippen LogP contribution is 2.21. The number of piperazine rings is 1. The molecule has 1 aliphatic heterocycles. The van der Waals surface area contributed by atoms with Gasteiger partial charge in [-0.15, -0.1) is 0 Å². The molecular formula is C12H16ClN3O. The average molecular weight is 254 g/mol. The summed E-state index contributed by atoms with van der Waals surface area (Å²) in [6.07, 6.45) is 0. The van der Waals surface area contributed by atoms with Crippen LogP contribution >= 0.6 is 11.6 Å². The van der Waals surface area contributed by atoms with Crippen LogP contribution in [-0.4, -0.2) is 29.9 Å². The predicted molar refractivity (Wildman–Crippen MR) is 68.7 cm³/mol. The number of halogens is 1. The molecular weight excluding hydrogens is 238 g/mol. The van der Waals surface area contributed by atoms with Crippen LogP contribution < -0.4 is 11.1 Å². The molecule has 0 aliphatic carbocycles. The Morgan fingerprint density at radius 3 is 3.12 bits per heavy atom. The highest BCUT2D eigenvalue weighted by atomic mass is 35.5. The number of nitrogens with one attached hydrogen (secondary N) is 1. The molecule has 2 rings (SSSR count). The van der Waals surface area contributed by atoms with E-state index in [-0.39, 0.29) is 11.9 Å². The maximum absolute atomic E-state index is 11.5. The first-order valence-electron chi connectivity index (χ1n) is 5.63. The van der Waals surface area contributed by atoms with Crippen molar-refractivity contribution in [3.8, 4) is 0 Å². The van der Waals surface area contributed by atoms with E-state index in [0.29, 0.717) is 23.8 Å². The van der Waals surface area contributed by atoms with Gasteiger partial charge in [-0.2, -0.15) is 0 Å². The van der Waals surface area contributed by atoms with Gasteiger partial charge in [0.2, 0.25) is 5.91 Å². The number of carbonyl (C=O) groups excluding carboxylic acids is 1. The number of hydrogen-bond acceptors (Lipinski definition) is 3. The molecule has 0 radical (unpaired) electrons. The van der Waals surface area contributed by atoms with Crippen LogP contribution in [0, 0.1) is 0 Å². The Morgan fingerprint density at radius 1 is 1.59 bits per heavy atom. The highest BCUT2D eigenvalue weighted by Gasteiger charge is 2.25. The third kappa shape index (κ3) is 2.70. The first kappa shape index (κ1) is 12.2. The zero-order valence-corrected chi connectivity index (χ0v) is 10.5. The lowest BCUT2D eigenvalue weighted by Gasteiger charge is -2.32. The minimum Gasteiger partial charge on any atom is -0.399 e. The van der Waals surface area contributed by atoms with E-state index in [1.165, 1.54) is 0 Å². The topological polar surface area (TPSA) is 58.4 Å². The van der Waals surface area contributed by atoms with Crippen molar-refractivity contribution in [1.29, 1.82) is 0 Å². The van der Waals surface area contributed by atoms with Crippen molar-refractivity contribution >= 4 is 23.2 Å². The first-order valence-corrected chi connectivity index (χ1v) is 6.01. The third-order valence-corrected chi connectivity index (χ3v) is 3.44. The van der Waals surface area contributed by atoms with E-state index < -0.39 is 0 Å². The van der Waals surface area contributed by atoms with Gasteiger partial charge in [-0.3, -0.25) is 9.69 Å². The van der Waals surface area contributed by atoms with Crippen molar-refractivity contribution in [2.75, 3.05) is 18.8 Å². The summed E-state index contributed by atoms with van der Waals surface area (Å²) in [5.41, 5.74) is 7.40. The normalized spacial score (nSPS) is 21.3. The van der Waals surface area contributed by atoms with E-state index in [2.05, 4.69) is 10.2 Å². The van der Waals surface area contributed by atoms with Gasteiger partial charge in [0, 0.05) is 30.3 Å².